The Morgan fingerprint density at radius 1 is 1.35 bits per heavy atom. The third kappa shape index (κ3) is 3.72. The van der Waals surface area contributed by atoms with Gasteiger partial charge in [0.25, 0.3) is 0 Å². The molecule has 1 aromatic carbocycles. The van der Waals surface area contributed by atoms with E-state index in [1.165, 1.54) is 0 Å². The summed E-state index contributed by atoms with van der Waals surface area (Å²) in [6, 6.07) is 6.99. The van der Waals surface area contributed by atoms with Crippen LogP contribution in [0, 0.1) is 0 Å². The first-order valence-corrected chi connectivity index (χ1v) is 8.47. The number of benzene rings is 1. The summed E-state index contributed by atoms with van der Waals surface area (Å²) in [5.41, 5.74) is 0.946. The maximum atomic E-state index is 11.8. The molecule has 0 aliphatic carbocycles. The molecule has 1 atom stereocenters. The molecule has 20 heavy (non-hydrogen) atoms. The highest BCUT2D eigenvalue weighted by atomic mass is 32.2. The summed E-state index contributed by atoms with van der Waals surface area (Å²) in [6.45, 7) is 4.04. The van der Waals surface area contributed by atoms with Crippen LogP contribution < -0.4 is 10.1 Å². The maximum absolute atomic E-state index is 11.8. The largest absolute Gasteiger partial charge is 0.412 e. The summed E-state index contributed by atoms with van der Waals surface area (Å²) >= 11 is 0. The molecule has 0 bridgehead atoms. The number of hydrogen-bond acceptors (Lipinski definition) is 4. The molecule has 1 aromatic rings. The van der Waals surface area contributed by atoms with Gasteiger partial charge in [0, 0.05) is 6.04 Å². The lowest BCUT2D eigenvalue weighted by Gasteiger charge is -2.15. The molecule has 2 rings (SSSR count). The minimum Gasteiger partial charge on any atom is -0.410 e. The standard InChI is InChI=1S/C14H19NO4S/c1-10(2)12-5-3-4-6-13(12)19-14(16)15-11-7-8-20(17,18)9-11/h3-6,10-11H,7-9H2,1-2H3,(H,15,16). The van der Waals surface area contributed by atoms with Crippen molar-refractivity contribution in [1.29, 1.82) is 0 Å². The van der Waals surface area contributed by atoms with E-state index in [1.807, 2.05) is 26.0 Å². The average Bonchev–Trinajstić information content (AvgIpc) is 2.68. The van der Waals surface area contributed by atoms with Crippen LogP contribution in [0.15, 0.2) is 24.3 Å². The molecule has 0 aromatic heterocycles. The van der Waals surface area contributed by atoms with Gasteiger partial charge in [-0.3, -0.25) is 0 Å². The van der Waals surface area contributed by atoms with Gasteiger partial charge >= 0.3 is 6.09 Å². The van der Waals surface area contributed by atoms with Crippen LogP contribution in [-0.4, -0.2) is 32.1 Å². The Morgan fingerprint density at radius 2 is 2.05 bits per heavy atom. The lowest BCUT2D eigenvalue weighted by Crippen LogP contribution is -2.37. The van der Waals surface area contributed by atoms with Crippen molar-refractivity contribution in [2.75, 3.05) is 11.5 Å². The van der Waals surface area contributed by atoms with Crippen LogP contribution in [-0.2, 0) is 9.84 Å². The molecule has 1 aliphatic heterocycles. The van der Waals surface area contributed by atoms with Crippen LogP contribution in [0.5, 0.6) is 5.75 Å². The Kier molecular flexibility index (Phi) is 4.32. The van der Waals surface area contributed by atoms with E-state index in [2.05, 4.69) is 5.32 Å². The molecule has 0 saturated carbocycles. The highest BCUT2D eigenvalue weighted by Gasteiger charge is 2.29. The van der Waals surface area contributed by atoms with Crippen molar-refractivity contribution in [3.05, 3.63) is 29.8 Å². The second kappa shape index (κ2) is 5.83. The number of carbonyl (C=O) groups excluding carboxylic acids is 1. The van der Waals surface area contributed by atoms with Gasteiger partial charge in [0.2, 0.25) is 0 Å². The third-order valence-corrected chi connectivity index (χ3v) is 5.07. The zero-order chi connectivity index (χ0) is 14.8. The number of nitrogens with one attached hydrogen (secondary N) is 1. The van der Waals surface area contributed by atoms with Crippen molar-refractivity contribution in [2.24, 2.45) is 0 Å². The molecule has 1 saturated heterocycles. The third-order valence-electron chi connectivity index (χ3n) is 3.30. The first-order valence-electron chi connectivity index (χ1n) is 6.65. The Hall–Kier alpha value is -1.56. The van der Waals surface area contributed by atoms with Gasteiger partial charge in [-0.25, -0.2) is 13.2 Å². The molecule has 5 nitrogen and oxygen atoms in total. The maximum Gasteiger partial charge on any atom is 0.412 e. The zero-order valence-electron chi connectivity index (χ0n) is 11.6. The van der Waals surface area contributed by atoms with Crippen molar-refractivity contribution in [3.8, 4) is 5.75 Å². The second-order valence-corrected chi connectivity index (χ2v) is 7.56. The molecular weight excluding hydrogens is 278 g/mol. The van der Waals surface area contributed by atoms with E-state index in [0.29, 0.717) is 12.2 Å². The van der Waals surface area contributed by atoms with Gasteiger partial charge in [-0.2, -0.15) is 0 Å². The average molecular weight is 297 g/mol. The SMILES string of the molecule is CC(C)c1ccccc1OC(=O)NC1CCS(=O)(=O)C1. The molecule has 1 amide bonds. The number of sulfone groups is 1. The number of para-hydroxylation sites is 1. The van der Waals surface area contributed by atoms with Crippen molar-refractivity contribution in [2.45, 2.75) is 32.2 Å². The zero-order valence-corrected chi connectivity index (χ0v) is 12.4. The molecule has 1 N–H and O–H groups in total. The minimum atomic E-state index is -3.01. The molecule has 0 spiro atoms. The van der Waals surface area contributed by atoms with Gasteiger partial charge in [-0.15, -0.1) is 0 Å². The molecule has 6 heteroatoms. The Bertz CT molecular complexity index is 595. The normalized spacial score (nSPS) is 20.9. The molecule has 1 unspecified atom stereocenters. The van der Waals surface area contributed by atoms with E-state index in [9.17, 15) is 13.2 Å². The van der Waals surface area contributed by atoms with Crippen LogP contribution in [0.1, 0.15) is 31.7 Å². The molecule has 1 fully saturated rings. The van der Waals surface area contributed by atoms with E-state index in [-0.39, 0.29) is 23.5 Å². The molecular formula is C14H19NO4S. The van der Waals surface area contributed by atoms with E-state index in [1.54, 1.807) is 12.1 Å². The van der Waals surface area contributed by atoms with Gasteiger partial charge in [-0.1, -0.05) is 32.0 Å². The predicted octanol–water partition coefficient (Wildman–Crippen LogP) is 2.09. The van der Waals surface area contributed by atoms with Crippen LogP contribution in [0.4, 0.5) is 4.79 Å². The van der Waals surface area contributed by atoms with Crippen LogP contribution in [0.3, 0.4) is 0 Å². The molecule has 110 valence electrons. The number of hydrogen-bond donors (Lipinski definition) is 1. The lowest BCUT2D eigenvalue weighted by molar-refractivity contribution is 0.196. The van der Waals surface area contributed by atoms with E-state index >= 15 is 0 Å². The monoisotopic (exact) mass is 297 g/mol. The molecule has 0 radical (unpaired) electrons. The number of ether oxygens (including phenoxy) is 1. The Morgan fingerprint density at radius 3 is 2.65 bits per heavy atom. The summed E-state index contributed by atoms with van der Waals surface area (Å²) in [4.78, 5) is 11.8. The lowest BCUT2D eigenvalue weighted by atomic mass is 10.0. The summed E-state index contributed by atoms with van der Waals surface area (Å²) in [5, 5.41) is 2.61. The quantitative estimate of drug-likeness (QED) is 0.927. The van der Waals surface area contributed by atoms with Crippen LogP contribution in [0.2, 0.25) is 0 Å². The summed E-state index contributed by atoms with van der Waals surface area (Å²) in [5.74, 6) is 0.876. The first kappa shape index (κ1) is 14.8. The van der Waals surface area contributed by atoms with Crippen molar-refractivity contribution >= 4 is 15.9 Å². The van der Waals surface area contributed by atoms with Gasteiger partial charge in [-0.05, 0) is 24.0 Å². The Labute approximate surface area is 119 Å². The van der Waals surface area contributed by atoms with Crippen molar-refractivity contribution in [3.63, 3.8) is 0 Å². The number of rotatable bonds is 3. The van der Waals surface area contributed by atoms with Gasteiger partial charge < -0.3 is 10.1 Å². The highest BCUT2D eigenvalue weighted by Crippen LogP contribution is 2.26. The number of carbonyl (C=O) groups is 1. The van der Waals surface area contributed by atoms with E-state index < -0.39 is 15.9 Å². The fourth-order valence-electron chi connectivity index (χ4n) is 2.26. The molecule has 1 heterocycles. The van der Waals surface area contributed by atoms with Gasteiger partial charge in [0.15, 0.2) is 9.84 Å². The van der Waals surface area contributed by atoms with Gasteiger partial charge in [0.05, 0.1) is 11.5 Å². The highest BCUT2D eigenvalue weighted by molar-refractivity contribution is 7.91. The van der Waals surface area contributed by atoms with E-state index in [0.717, 1.165) is 5.56 Å². The second-order valence-electron chi connectivity index (χ2n) is 5.33. The summed E-state index contributed by atoms with van der Waals surface area (Å²) in [7, 11) is -3.01. The Balaban J connectivity index is 1.99. The topological polar surface area (TPSA) is 72.5 Å². The van der Waals surface area contributed by atoms with Crippen molar-refractivity contribution in [1.82, 2.24) is 5.32 Å². The van der Waals surface area contributed by atoms with Gasteiger partial charge in [0.1, 0.15) is 5.75 Å². The predicted molar refractivity (Wildman–Crippen MR) is 76.7 cm³/mol. The van der Waals surface area contributed by atoms with Crippen molar-refractivity contribution < 1.29 is 17.9 Å². The van der Waals surface area contributed by atoms with Crippen LogP contribution in [0.25, 0.3) is 0 Å². The minimum absolute atomic E-state index is 0.00602. The summed E-state index contributed by atoms with van der Waals surface area (Å²) in [6.07, 6.45) is -0.149. The summed E-state index contributed by atoms with van der Waals surface area (Å²) < 4.78 is 28.0. The fraction of sp³-hybridized carbons (Fsp3) is 0.500. The number of amides is 1. The molecule has 1 aliphatic rings. The first-order chi connectivity index (χ1) is 9.37. The van der Waals surface area contributed by atoms with E-state index in [4.69, 9.17) is 4.74 Å². The van der Waals surface area contributed by atoms with Crippen LogP contribution >= 0.6 is 0 Å². The fourth-order valence-corrected chi connectivity index (χ4v) is 3.93. The smallest absolute Gasteiger partial charge is 0.410 e.